The summed E-state index contributed by atoms with van der Waals surface area (Å²) in [6, 6.07) is 0. The van der Waals surface area contributed by atoms with Crippen LogP contribution >= 0.6 is 0 Å². The maximum absolute atomic E-state index is 3.75. The van der Waals surface area contributed by atoms with E-state index in [2.05, 4.69) is 36.1 Å². The molecule has 0 radical (unpaired) electrons. The molecule has 0 bridgehead atoms. The van der Waals surface area contributed by atoms with Crippen molar-refractivity contribution in [2.24, 2.45) is 5.92 Å². The third-order valence-corrected chi connectivity index (χ3v) is 4.32. The van der Waals surface area contributed by atoms with E-state index >= 15 is 0 Å². The molecule has 100 valence electrons. The molecule has 1 unspecified atom stereocenters. The van der Waals surface area contributed by atoms with E-state index in [1.165, 1.54) is 58.4 Å². The second kappa shape index (κ2) is 5.68. The van der Waals surface area contributed by atoms with Crippen molar-refractivity contribution in [1.29, 1.82) is 0 Å². The van der Waals surface area contributed by atoms with Crippen molar-refractivity contribution >= 4 is 0 Å². The molecule has 1 saturated carbocycles. The molecule has 2 rings (SSSR count). The summed E-state index contributed by atoms with van der Waals surface area (Å²) >= 11 is 0. The normalized spacial score (nSPS) is 31.1. The van der Waals surface area contributed by atoms with Crippen molar-refractivity contribution in [3.63, 3.8) is 0 Å². The molecule has 1 atom stereocenters. The number of hydrogen-bond acceptors (Lipinski definition) is 3. The van der Waals surface area contributed by atoms with E-state index in [0.717, 1.165) is 5.92 Å². The summed E-state index contributed by atoms with van der Waals surface area (Å²) in [6.07, 6.45) is 5.56. The van der Waals surface area contributed by atoms with Crippen LogP contribution in [0, 0.1) is 5.92 Å². The Balaban J connectivity index is 1.67. The molecular formula is C14H29N3. The lowest BCUT2D eigenvalue weighted by Gasteiger charge is -2.42. The summed E-state index contributed by atoms with van der Waals surface area (Å²) in [5.41, 5.74) is 0.416. The molecule has 1 aliphatic heterocycles. The Morgan fingerprint density at radius 1 is 1.29 bits per heavy atom. The van der Waals surface area contributed by atoms with Crippen LogP contribution in [0.25, 0.3) is 0 Å². The highest BCUT2D eigenvalue weighted by Gasteiger charge is 2.43. The van der Waals surface area contributed by atoms with Gasteiger partial charge in [-0.25, -0.2) is 0 Å². The third kappa shape index (κ3) is 3.94. The lowest BCUT2D eigenvalue weighted by atomic mass is 9.93. The zero-order valence-electron chi connectivity index (χ0n) is 11.8. The zero-order valence-corrected chi connectivity index (χ0v) is 11.8. The first-order valence-corrected chi connectivity index (χ1v) is 7.22. The van der Waals surface area contributed by atoms with Gasteiger partial charge in [0.2, 0.25) is 0 Å². The minimum Gasteiger partial charge on any atom is -0.309 e. The fourth-order valence-electron chi connectivity index (χ4n) is 3.05. The molecule has 1 aliphatic carbocycles. The van der Waals surface area contributed by atoms with Gasteiger partial charge in [0.1, 0.15) is 0 Å². The second-order valence-corrected chi connectivity index (χ2v) is 6.41. The number of nitrogens with one attached hydrogen (secondary N) is 1. The summed E-state index contributed by atoms with van der Waals surface area (Å²) in [5.74, 6) is 0.951. The van der Waals surface area contributed by atoms with Gasteiger partial charge in [-0.15, -0.1) is 0 Å². The van der Waals surface area contributed by atoms with E-state index in [0.29, 0.717) is 5.54 Å². The first-order valence-electron chi connectivity index (χ1n) is 7.22. The number of nitrogens with zero attached hydrogens (tertiary/aromatic N) is 2. The van der Waals surface area contributed by atoms with Gasteiger partial charge in [0, 0.05) is 25.2 Å². The Hall–Kier alpha value is -0.120. The highest BCUT2D eigenvalue weighted by Crippen LogP contribution is 2.40. The quantitative estimate of drug-likeness (QED) is 0.707. The predicted octanol–water partition coefficient (Wildman–Crippen LogP) is 1.40. The van der Waals surface area contributed by atoms with Gasteiger partial charge in [0.15, 0.2) is 0 Å². The predicted molar refractivity (Wildman–Crippen MR) is 73.4 cm³/mol. The molecule has 1 heterocycles. The van der Waals surface area contributed by atoms with Crippen molar-refractivity contribution in [3.8, 4) is 0 Å². The second-order valence-electron chi connectivity index (χ2n) is 6.41. The fourth-order valence-corrected chi connectivity index (χ4v) is 3.05. The van der Waals surface area contributed by atoms with Gasteiger partial charge in [-0.1, -0.05) is 0 Å². The lowest BCUT2D eigenvalue weighted by Crippen LogP contribution is -2.60. The zero-order chi connectivity index (χ0) is 12.3. The van der Waals surface area contributed by atoms with E-state index < -0.39 is 0 Å². The number of rotatable bonds is 6. The Bertz CT molecular complexity index is 238. The molecule has 2 aliphatic rings. The Morgan fingerprint density at radius 2 is 2.06 bits per heavy atom. The van der Waals surface area contributed by atoms with E-state index in [-0.39, 0.29) is 0 Å². The highest BCUT2D eigenvalue weighted by atomic mass is 15.2. The standard InChI is InChI=1S/C14H29N3/c1-14(13-6-7-13)12-17(11-8-15-14)10-5-4-9-16(2)3/h13,15H,4-12H2,1-3H3. The molecule has 17 heavy (non-hydrogen) atoms. The smallest absolute Gasteiger partial charge is 0.0309 e. The minimum absolute atomic E-state index is 0.416. The Labute approximate surface area is 107 Å². The summed E-state index contributed by atoms with van der Waals surface area (Å²) < 4.78 is 0. The highest BCUT2D eigenvalue weighted by molar-refractivity contribution is 5.01. The van der Waals surface area contributed by atoms with Crippen LogP contribution in [0.5, 0.6) is 0 Å². The maximum atomic E-state index is 3.75. The van der Waals surface area contributed by atoms with Gasteiger partial charge in [0.05, 0.1) is 0 Å². The Kier molecular flexibility index (Phi) is 4.45. The molecule has 0 aromatic heterocycles. The SMILES string of the molecule is CN(C)CCCCN1CCNC(C)(C2CC2)C1. The van der Waals surface area contributed by atoms with Gasteiger partial charge in [-0.05, 0) is 65.7 Å². The minimum atomic E-state index is 0.416. The molecule has 1 N–H and O–H groups in total. The third-order valence-electron chi connectivity index (χ3n) is 4.32. The van der Waals surface area contributed by atoms with E-state index in [4.69, 9.17) is 0 Å². The molecule has 3 heteroatoms. The van der Waals surface area contributed by atoms with E-state index in [1.54, 1.807) is 0 Å². The molecule has 0 aromatic carbocycles. The first kappa shape index (κ1) is 13.3. The largest absolute Gasteiger partial charge is 0.309 e. The average Bonchev–Trinajstić information content (AvgIpc) is 3.08. The van der Waals surface area contributed by atoms with Crippen LogP contribution < -0.4 is 5.32 Å². The fraction of sp³-hybridized carbons (Fsp3) is 1.00. The first-order chi connectivity index (χ1) is 8.10. The van der Waals surface area contributed by atoms with Crippen LogP contribution in [0.4, 0.5) is 0 Å². The monoisotopic (exact) mass is 239 g/mol. The Morgan fingerprint density at radius 3 is 2.71 bits per heavy atom. The van der Waals surface area contributed by atoms with Crippen LogP contribution in [0.15, 0.2) is 0 Å². The number of hydrogen-bond donors (Lipinski definition) is 1. The molecule has 3 nitrogen and oxygen atoms in total. The van der Waals surface area contributed by atoms with Crippen molar-refractivity contribution < 1.29 is 0 Å². The van der Waals surface area contributed by atoms with Crippen molar-refractivity contribution in [1.82, 2.24) is 15.1 Å². The van der Waals surface area contributed by atoms with Gasteiger partial charge in [-0.2, -0.15) is 0 Å². The average molecular weight is 239 g/mol. The molecule has 0 spiro atoms. The topological polar surface area (TPSA) is 18.5 Å². The van der Waals surface area contributed by atoms with E-state index in [9.17, 15) is 0 Å². The van der Waals surface area contributed by atoms with E-state index in [1.807, 2.05) is 0 Å². The van der Waals surface area contributed by atoms with Crippen LogP contribution in [-0.2, 0) is 0 Å². The molecular weight excluding hydrogens is 210 g/mol. The number of piperazine rings is 1. The summed E-state index contributed by atoms with van der Waals surface area (Å²) in [7, 11) is 4.32. The van der Waals surface area contributed by atoms with Crippen molar-refractivity contribution in [3.05, 3.63) is 0 Å². The molecule has 1 saturated heterocycles. The van der Waals surface area contributed by atoms with Crippen molar-refractivity contribution in [2.75, 3.05) is 46.8 Å². The maximum Gasteiger partial charge on any atom is 0.0309 e. The molecule has 0 aromatic rings. The van der Waals surface area contributed by atoms with Gasteiger partial charge >= 0.3 is 0 Å². The summed E-state index contributed by atoms with van der Waals surface area (Å²) in [4.78, 5) is 4.95. The van der Waals surface area contributed by atoms with Gasteiger partial charge in [0.25, 0.3) is 0 Å². The number of unbranched alkanes of at least 4 members (excludes halogenated alkanes) is 1. The molecule has 2 fully saturated rings. The lowest BCUT2D eigenvalue weighted by molar-refractivity contribution is 0.125. The van der Waals surface area contributed by atoms with Crippen molar-refractivity contribution in [2.45, 2.75) is 38.1 Å². The van der Waals surface area contributed by atoms with Gasteiger partial charge < -0.3 is 15.1 Å². The summed E-state index contributed by atoms with van der Waals surface area (Å²) in [5, 5.41) is 3.75. The van der Waals surface area contributed by atoms with Crippen LogP contribution in [0.3, 0.4) is 0 Å². The van der Waals surface area contributed by atoms with Crippen LogP contribution in [0.1, 0.15) is 32.6 Å². The van der Waals surface area contributed by atoms with Crippen LogP contribution in [-0.4, -0.2) is 62.2 Å². The van der Waals surface area contributed by atoms with Gasteiger partial charge in [-0.3, -0.25) is 0 Å². The molecule has 0 amide bonds. The summed E-state index contributed by atoms with van der Waals surface area (Å²) in [6.45, 7) is 8.63. The van der Waals surface area contributed by atoms with Crippen LogP contribution in [0.2, 0.25) is 0 Å².